The van der Waals surface area contributed by atoms with Gasteiger partial charge in [0.05, 0.1) is 6.61 Å². The highest BCUT2D eigenvalue weighted by molar-refractivity contribution is 5.85. The van der Waals surface area contributed by atoms with Crippen LogP contribution in [-0.2, 0) is 0 Å². The van der Waals surface area contributed by atoms with Crippen LogP contribution in [0.4, 0.5) is 0 Å². The fourth-order valence-corrected chi connectivity index (χ4v) is 2.01. The lowest BCUT2D eigenvalue weighted by Gasteiger charge is -2.14. The smallest absolute Gasteiger partial charge is 0.356 e. The first-order valence-electron chi connectivity index (χ1n) is 6.60. The first kappa shape index (κ1) is 14.1. The van der Waals surface area contributed by atoms with Crippen LogP contribution in [-0.4, -0.2) is 27.5 Å². The second kappa shape index (κ2) is 5.77. The van der Waals surface area contributed by atoms with E-state index in [1.165, 1.54) is 0 Å². The van der Waals surface area contributed by atoms with Crippen molar-refractivity contribution in [3.05, 3.63) is 41.7 Å². The highest BCUT2D eigenvalue weighted by Crippen LogP contribution is 2.27. The SMILES string of the molecule is CCOc1ccccc1-n1nc(C(=O)O)cc1C(C)C. The number of hydrogen-bond acceptors (Lipinski definition) is 3. The van der Waals surface area contributed by atoms with Crippen LogP contribution in [0.15, 0.2) is 30.3 Å². The number of carboxylic acids is 1. The molecule has 0 bridgehead atoms. The molecule has 5 heteroatoms. The molecule has 1 aromatic carbocycles. The van der Waals surface area contributed by atoms with E-state index in [-0.39, 0.29) is 11.6 Å². The molecule has 0 fully saturated rings. The van der Waals surface area contributed by atoms with Crippen molar-refractivity contribution in [2.75, 3.05) is 6.61 Å². The lowest BCUT2D eigenvalue weighted by Crippen LogP contribution is -2.07. The van der Waals surface area contributed by atoms with Crippen LogP contribution >= 0.6 is 0 Å². The summed E-state index contributed by atoms with van der Waals surface area (Å²) in [6.45, 7) is 6.46. The van der Waals surface area contributed by atoms with E-state index >= 15 is 0 Å². The number of hydrogen-bond donors (Lipinski definition) is 1. The Kier molecular flexibility index (Phi) is 4.08. The Balaban J connectivity index is 2.59. The number of ether oxygens (including phenoxy) is 1. The minimum Gasteiger partial charge on any atom is -0.492 e. The molecule has 20 heavy (non-hydrogen) atoms. The molecule has 0 unspecified atom stereocenters. The molecule has 0 saturated carbocycles. The minimum atomic E-state index is -1.03. The molecule has 1 aromatic heterocycles. The molecule has 0 aliphatic heterocycles. The molecular weight excluding hydrogens is 256 g/mol. The fourth-order valence-electron chi connectivity index (χ4n) is 2.01. The second-order valence-electron chi connectivity index (χ2n) is 4.73. The summed E-state index contributed by atoms with van der Waals surface area (Å²) in [6, 6.07) is 9.09. The van der Waals surface area contributed by atoms with Crippen molar-refractivity contribution < 1.29 is 14.6 Å². The normalized spacial score (nSPS) is 10.8. The predicted molar refractivity (Wildman–Crippen MR) is 75.8 cm³/mol. The van der Waals surface area contributed by atoms with Crippen LogP contribution in [0.5, 0.6) is 5.75 Å². The van der Waals surface area contributed by atoms with E-state index in [0.717, 1.165) is 11.4 Å². The summed E-state index contributed by atoms with van der Waals surface area (Å²) in [4.78, 5) is 11.1. The van der Waals surface area contributed by atoms with E-state index in [9.17, 15) is 4.79 Å². The Hall–Kier alpha value is -2.30. The van der Waals surface area contributed by atoms with Crippen LogP contribution in [0, 0.1) is 0 Å². The van der Waals surface area contributed by atoms with Gasteiger partial charge in [-0.15, -0.1) is 0 Å². The van der Waals surface area contributed by atoms with Gasteiger partial charge in [-0.25, -0.2) is 9.48 Å². The number of benzene rings is 1. The van der Waals surface area contributed by atoms with Crippen molar-refractivity contribution in [2.24, 2.45) is 0 Å². The Bertz CT molecular complexity index is 617. The summed E-state index contributed by atoms with van der Waals surface area (Å²) in [6.07, 6.45) is 0. The summed E-state index contributed by atoms with van der Waals surface area (Å²) in [7, 11) is 0. The Morgan fingerprint density at radius 1 is 1.40 bits per heavy atom. The number of nitrogens with zero attached hydrogens (tertiary/aromatic N) is 2. The fraction of sp³-hybridized carbons (Fsp3) is 0.333. The Morgan fingerprint density at radius 2 is 2.10 bits per heavy atom. The van der Waals surface area contributed by atoms with E-state index in [2.05, 4.69) is 5.10 Å². The van der Waals surface area contributed by atoms with Crippen LogP contribution in [0.3, 0.4) is 0 Å². The Morgan fingerprint density at radius 3 is 2.70 bits per heavy atom. The van der Waals surface area contributed by atoms with Gasteiger partial charge in [0.15, 0.2) is 5.69 Å². The number of aromatic nitrogens is 2. The monoisotopic (exact) mass is 274 g/mol. The molecule has 0 atom stereocenters. The van der Waals surface area contributed by atoms with E-state index in [0.29, 0.717) is 12.4 Å². The number of para-hydroxylation sites is 2. The maximum absolute atomic E-state index is 11.1. The third kappa shape index (κ3) is 2.66. The summed E-state index contributed by atoms with van der Waals surface area (Å²) in [5.41, 5.74) is 1.64. The highest BCUT2D eigenvalue weighted by atomic mass is 16.5. The van der Waals surface area contributed by atoms with E-state index in [4.69, 9.17) is 9.84 Å². The predicted octanol–water partition coefficient (Wildman–Crippen LogP) is 3.09. The molecule has 0 amide bonds. The van der Waals surface area contributed by atoms with Gasteiger partial charge in [-0.1, -0.05) is 26.0 Å². The molecule has 0 spiro atoms. The summed E-state index contributed by atoms with van der Waals surface area (Å²) < 4.78 is 7.24. The van der Waals surface area contributed by atoms with Gasteiger partial charge < -0.3 is 9.84 Å². The molecule has 5 nitrogen and oxygen atoms in total. The third-order valence-electron chi connectivity index (χ3n) is 2.94. The molecule has 0 saturated heterocycles. The second-order valence-corrected chi connectivity index (χ2v) is 4.73. The maximum atomic E-state index is 11.1. The minimum absolute atomic E-state index is 0.0417. The lowest BCUT2D eigenvalue weighted by atomic mass is 10.1. The standard InChI is InChI=1S/C15H18N2O3/c1-4-20-14-8-6-5-7-12(14)17-13(10(2)3)9-11(16-17)15(18)19/h5-10H,4H2,1-3H3,(H,18,19). The topological polar surface area (TPSA) is 64.4 Å². The first-order chi connectivity index (χ1) is 9.54. The number of aromatic carboxylic acids is 1. The lowest BCUT2D eigenvalue weighted by molar-refractivity contribution is 0.0690. The van der Waals surface area contributed by atoms with Crippen molar-refractivity contribution >= 4 is 5.97 Å². The molecule has 0 aliphatic rings. The molecule has 2 rings (SSSR count). The van der Waals surface area contributed by atoms with Gasteiger partial charge in [0.2, 0.25) is 0 Å². The zero-order chi connectivity index (χ0) is 14.7. The first-order valence-corrected chi connectivity index (χ1v) is 6.60. The zero-order valence-corrected chi connectivity index (χ0v) is 11.8. The summed E-state index contributed by atoms with van der Waals surface area (Å²) in [5.74, 6) is -0.179. The molecule has 0 aliphatic carbocycles. The number of rotatable bonds is 5. The molecule has 1 N–H and O–H groups in total. The quantitative estimate of drug-likeness (QED) is 0.910. The third-order valence-corrected chi connectivity index (χ3v) is 2.94. The van der Waals surface area contributed by atoms with Crippen molar-refractivity contribution in [3.63, 3.8) is 0 Å². The van der Waals surface area contributed by atoms with Gasteiger partial charge in [0, 0.05) is 5.69 Å². The van der Waals surface area contributed by atoms with E-state index in [1.54, 1.807) is 10.7 Å². The molecule has 106 valence electrons. The highest BCUT2D eigenvalue weighted by Gasteiger charge is 2.18. The largest absolute Gasteiger partial charge is 0.492 e. The molecule has 2 aromatic rings. The van der Waals surface area contributed by atoms with Crippen LogP contribution in [0.25, 0.3) is 5.69 Å². The van der Waals surface area contributed by atoms with Crippen LogP contribution in [0.1, 0.15) is 42.9 Å². The van der Waals surface area contributed by atoms with E-state index < -0.39 is 5.97 Å². The van der Waals surface area contributed by atoms with Crippen molar-refractivity contribution in [2.45, 2.75) is 26.7 Å². The average molecular weight is 274 g/mol. The number of carboxylic acid groups (broad SMARTS) is 1. The van der Waals surface area contributed by atoms with Crippen molar-refractivity contribution in [1.82, 2.24) is 9.78 Å². The van der Waals surface area contributed by atoms with E-state index in [1.807, 2.05) is 45.0 Å². The van der Waals surface area contributed by atoms with Gasteiger partial charge in [0.25, 0.3) is 0 Å². The van der Waals surface area contributed by atoms with Gasteiger partial charge >= 0.3 is 5.97 Å². The van der Waals surface area contributed by atoms with Gasteiger partial charge in [-0.2, -0.15) is 5.10 Å². The molecule has 0 radical (unpaired) electrons. The molecular formula is C15H18N2O3. The maximum Gasteiger partial charge on any atom is 0.356 e. The van der Waals surface area contributed by atoms with Gasteiger partial charge in [0.1, 0.15) is 11.4 Å². The zero-order valence-electron chi connectivity index (χ0n) is 11.8. The molecule has 1 heterocycles. The number of carbonyl (C=O) groups is 1. The van der Waals surface area contributed by atoms with Crippen molar-refractivity contribution in [1.29, 1.82) is 0 Å². The summed E-state index contributed by atoms with van der Waals surface area (Å²) in [5, 5.41) is 13.3. The van der Waals surface area contributed by atoms with Gasteiger partial charge in [-0.3, -0.25) is 0 Å². The van der Waals surface area contributed by atoms with Crippen LogP contribution < -0.4 is 4.74 Å². The summed E-state index contributed by atoms with van der Waals surface area (Å²) >= 11 is 0. The Labute approximate surface area is 117 Å². The average Bonchev–Trinajstić information content (AvgIpc) is 2.85. The van der Waals surface area contributed by atoms with Crippen LogP contribution in [0.2, 0.25) is 0 Å². The van der Waals surface area contributed by atoms with Gasteiger partial charge in [-0.05, 0) is 31.0 Å². The van der Waals surface area contributed by atoms with Crippen molar-refractivity contribution in [3.8, 4) is 11.4 Å².